The minimum Gasteiger partial charge on any atom is -0.478 e. The molecule has 4 N–H and O–H groups in total. The fourth-order valence-corrected chi connectivity index (χ4v) is 21.7. The average molecular weight is 1730 g/mol. The molecule has 4 aliphatic heterocycles. The molecule has 0 bridgehead atoms. The molecule has 123 heavy (non-hydrogen) atoms. The zero-order chi connectivity index (χ0) is 90.3. The molecule has 2 unspecified atom stereocenters. The number of carboxylic acid groups (broad SMARTS) is 1. The van der Waals surface area contributed by atoms with Crippen molar-refractivity contribution in [3.8, 4) is 0 Å². The normalized spacial score (nSPS) is 18.3. The Bertz CT molecular complexity index is 6150. The Morgan fingerprint density at radius 3 is 1.33 bits per heavy atom. The minimum atomic E-state index is -4.69. The van der Waals surface area contributed by atoms with E-state index in [4.69, 9.17) is 0 Å². The van der Waals surface area contributed by atoms with Crippen LogP contribution in [0.1, 0.15) is 293 Å². The van der Waals surface area contributed by atoms with Gasteiger partial charge in [0.2, 0.25) is 11.4 Å². The minimum absolute atomic E-state index is 0.00477. The largest absolute Gasteiger partial charge is 0.478 e. The number of fused-ring (bicyclic) bond motifs is 12. The van der Waals surface area contributed by atoms with Gasteiger partial charge in [0.05, 0.1) is 26.2 Å². The number of rotatable bonds is 35. The third-order valence-corrected chi connectivity index (χ3v) is 29.1. The van der Waals surface area contributed by atoms with Crippen LogP contribution in [-0.4, -0.2) is 114 Å². The van der Waals surface area contributed by atoms with Crippen LogP contribution in [0.4, 0.5) is 22.7 Å². The lowest BCUT2D eigenvalue weighted by Crippen LogP contribution is -2.30. The molecule has 8 aromatic rings. The summed E-state index contributed by atoms with van der Waals surface area (Å²) in [6, 6.07) is 29.2. The molecule has 0 aliphatic carbocycles. The van der Waals surface area contributed by atoms with E-state index in [1.54, 1.807) is 48.5 Å². The molecule has 0 saturated carbocycles. The van der Waals surface area contributed by atoms with Gasteiger partial charge in [-0.05, 0) is 278 Å². The van der Waals surface area contributed by atoms with E-state index in [0.29, 0.717) is 42.3 Å². The van der Waals surface area contributed by atoms with Gasteiger partial charge in [0.15, 0.2) is 17.2 Å². The Balaban J connectivity index is 0.000000240. The van der Waals surface area contributed by atoms with E-state index >= 15 is 0 Å². The van der Waals surface area contributed by atoms with E-state index in [0.717, 1.165) is 238 Å². The van der Waals surface area contributed by atoms with Crippen molar-refractivity contribution in [1.29, 1.82) is 0 Å². The fraction of sp³-hybridized carbons (Fsp3) is 0.471. The number of benzene rings is 8. The van der Waals surface area contributed by atoms with Gasteiger partial charge in [0.25, 0.3) is 30.4 Å². The molecule has 21 heteroatoms. The van der Waals surface area contributed by atoms with Crippen molar-refractivity contribution in [2.24, 2.45) is 11.8 Å². The monoisotopic (exact) mass is 1730 g/mol. The number of hydrogen-bond acceptors (Lipinski definition) is 12. The molecular weight excluding hydrogens is 1600 g/mol. The van der Waals surface area contributed by atoms with Gasteiger partial charge >= 0.3 is 5.97 Å². The summed E-state index contributed by atoms with van der Waals surface area (Å²) in [7, 11) is -13.6. The predicted molar refractivity (Wildman–Crippen MR) is 501 cm³/mol. The summed E-state index contributed by atoms with van der Waals surface area (Å²) in [6.45, 7) is 44.3. The maximum absolute atomic E-state index is 13.2. The zero-order valence-electron chi connectivity index (χ0n) is 76.1. The summed E-state index contributed by atoms with van der Waals surface area (Å²) < 4.78 is 112. The number of carboxylic acids is 1. The van der Waals surface area contributed by atoms with E-state index in [9.17, 15) is 63.2 Å². The highest BCUT2D eigenvalue weighted by molar-refractivity contribution is 7.86. The molecule has 0 saturated heterocycles. The van der Waals surface area contributed by atoms with Crippen LogP contribution in [-0.2, 0) is 61.6 Å². The van der Waals surface area contributed by atoms with E-state index in [2.05, 4.69) is 151 Å². The predicted octanol–water partition coefficient (Wildman–Crippen LogP) is 24.1. The number of anilines is 2. The van der Waals surface area contributed by atoms with Gasteiger partial charge in [0, 0.05) is 131 Å². The first-order valence-corrected chi connectivity index (χ1v) is 48.8. The highest BCUT2D eigenvalue weighted by Gasteiger charge is 2.51. The summed E-state index contributed by atoms with van der Waals surface area (Å²) in [5.74, 6) is -0.603. The van der Waals surface area contributed by atoms with Crippen molar-refractivity contribution >= 4 is 131 Å². The van der Waals surface area contributed by atoms with Crippen LogP contribution in [0.5, 0.6) is 0 Å². The molecule has 8 aromatic carbocycles. The van der Waals surface area contributed by atoms with Crippen LogP contribution < -0.4 is 9.80 Å². The number of hydrogen-bond donors (Lipinski definition) is 4. The second-order valence-electron chi connectivity index (χ2n) is 37.2. The highest BCUT2D eigenvalue weighted by atomic mass is 32.2. The van der Waals surface area contributed by atoms with Gasteiger partial charge in [0.1, 0.15) is 29.6 Å². The van der Waals surface area contributed by atoms with E-state index in [-0.39, 0.29) is 49.4 Å². The van der Waals surface area contributed by atoms with E-state index in [1.165, 1.54) is 18.6 Å². The Kier molecular flexibility index (Phi) is 28.6. The van der Waals surface area contributed by atoms with Crippen LogP contribution in [0.2, 0.25) is 0 Å². The molecular formula is C102H130N4O14S3+2. The fourth-order valence-electron chi connectivity index (χ4n) is 19.8. The molecule has 4 aliphatic rings. The Labute approximate surface area is 730 Å². The molecule has 2 atom stereocenters. The Morgan fingerprint density at radius 1 is 0.423 bits per heavy atom. The first-order valence-electron chi connectivity index (χ1n) is 44.5. The van der Waals surface area contributed by atoms with Crippen molar-refractivity contribution < 1.29 is 72.3 Å². The third-order valence-electron chi connectivity index (χ3n) is 26.5. The van der Waals surface area contributed by atoms with Crippen molar-refractivity contribution in [1.82, 2.24) is 0 Å². The number of aryl methyl sites for hydroxylation is 3. The van der Waals surface area contributed by atoms with Crippen LogP contribution in [0.3, 0.4) is 0 Å². The molecule has 18 nitrogen and oxygen atoms in total. The van der Waals surface area contributed by atoms with Crippen LogP contribution >= 0.6 is 0 Å². The number of nitrogens with zero attached hydrogens (tertiary/aromatic N) is 4. The number of carbonyl (C=O) groups is 4. The van der Waals surface area contributed by atoms with Crippen molar-refractivity contribution in [3.63, 3.8) is 0 Å². The Hall–Kier alpha value is -9.09. The number of Topliss-reactive ketones (excluding diaryl/α,β-unsaturated/α-hetero) is 3. The van der Waals surface area contributed by atoms with Gasteiger partial charge in [-0.1, -0.05) is 125 Å². The van der Waals surface area contributed by atoms with Gasteiger partial charge in [-0.15, -0.1) is 0 Å². The molecule has 4 heterocycles. The van der Waals surface area contributed by atoms with Crippen molar-refractivity contribution in [3.05, 3.63) is 194 Å². The molecule has 0 fully saturated rings. The number of unbranched alkanes of at least 4 members (excludes halogenated alkanes) is 8. The lowest BCUT2D eigenvalue weighted by atomic mass is 9.74. The smallest absolute Gasteiger partial charge is 0.335 e. The summed E-state index contributed by atoms with van der Waals surface area (Å²) >= 11 is 0. The van der Waals surface area contributed by atoms with E-state index < -0.39 is 58.0 Å². The second kappa shape index (κ2) is 37.2. The molecule has 12 rings (SSSR count). The lowest BCUT2D eigenvalue weighted by Gasteiger charge is -2.31. The molecule has 658 valence electrons. The summed E-state index contributed by atoms with van der Waals surface area (Å²) in [5, 5.41) is 16.3. The van der Waals surface area contributed by atoms with Gasteiger partial charge in [-0.2, -0.15) is 34.4 Å². The topological polar surface area (TPSA) is 264 Å². The number of aromatic carboxylic acids is 1. The third kappa shape index (κ3) is 18.9. The molecule has 0 amide bonds. The summed E-state index contributed by atoms with van der Waals surface area (Å²) in [6.07, 6.45) is 24.5. The number of carbonyl (C=O) groups excluding carboxylic acids is 3. The summed E-state index contributed by atoms with van der Waals surface area (Å²) in [5.41, 5.74) is 15.7. The zero-order valence-corrected chi connectivity index (χ0v) is 78.6. The Morgan fingerprint density at radius 2 is 0.846 bits per heavy atom. The maximum atomic E-state index is 13.2. The number of allylic oxidation sites excluding steroid dienone is 8. The summed E-state index contributed by atoms with van der Waals surface area (Å²) in [4.78, 5) is 53.8. The van der Waals surface area contributed by atoms with Gasteiger partial charge < -0.3 is 14.9 Å². The maximum Gasteiger partial charge on any atom is 0.335 e. The van der Waals surface area contributed by atoms with Crippen LogP contribution in [0.25, 0.3) is 43.1 Å². The average Bonchev–Trinajstić information content (AvgIpc) is 1.57. The molecule has 0 radical (unpaired) electrons. The van der Waals surface area contributed by atoms with Crippen molar-refractivity contribution in [2.45, 2.75) is 290 Å². The molecule has 0 spiro atoms. The van der Waals surface area contributed by atoms with Gasteiger partial charge in [-0.3, -0.25) is 28.0 Å². The first-order chi connectivity index (χ1) is 57.7. The second-order valence-corrected chi connectivity index (χ2v) is 41.4. The van der Waals surface area contributed by atoms with Crippen LogP contribution in [0.15, 0.2) is 159 Å². The quantitative estimate of drug-likeness (QED) is 0.0124. The highest BCUT2D eigenvalue weighted by Crippen LogP contribution is 2.58. The van der Waals surface area contributed by atoms with Crippen molar-refractivity contribution in [2.75, 3.05) is 36.0 Å². The lowest BCUT2D eigenvalue weighted by molar-refractivity contribution is -0.438. The first kappa shape index (κ1) is 94.6. The standard InChI is InChI=1S/C52H64N2O7S.C50H64N2O7S2/c1-11-13-24-53-42-28-34(6)40-30-37(50(57)58)20-22-38(40)48(42)51(8,9)46(53)26-33(5)27-47-52(10,23-17-15-16-18-44(56)32(3)4)49-39-21-19-36(35(7)55)29-41(39)45(62(59,60)61)31-43(49)54(47)25-14-12-2;1-11-13-23-50(10)46(52(24-14-12-2)43-22-20-39-35(7)29-37(61(57,58)59)31-41(39)48(43)50)27-33(5)26-45-49(8,9)47-40-30-36(60(54,55)56)28-34(6)38(40)19-21-42(47)51(45)25-17-15-16-18-44(53)32(3)4/h19-22,26-32H,11-18,23-25H2,1-10H3,(H-,57,58,59,60,61);19-22,26-32H,11-18,23-25H2,1-10H3,(H-,54,55,56,57,58,59)/p+2. The SMILES string of the molecule is CCCCN1C(=CC(C)=CC2=[N+](CCCC)c3cc(C)c4cc(C(=O)O)ccc4c3C2(C)C)C(C)(CCCCCC(=O)C(C)C)c2c1cc(S(=O)(=O)O)c1cc(C(C)=O)ccc21.CCCCN1C(=CC(C)=CC2=[N+](CCCCCC(=O)C(C)C)c3ccc4c(C)cc(S(=O)(=O)O)cc4c3C2(C)C)C(C)(CCCC)c2c1ccc1c(C)cc(S(=O)(=O)O)cc21. The van der Waals surface area contributed by atoms with E-state index in [1.807, 2.05) is 66.7 Å². The number of ketones is 3. The molecule has 0 aromatic heterocycles. The van der Waals surface area contributed by atoms with Gasteiger partial charge in [-0.25, -0.2) is 4.79 Å². The van der Waals surface area contributed by atoms with Crippen LogP contribution in [0, 0.1) is 32.6 Å².